The van der Waals surface area contributed by atoms with Crippen LogP contribution in [-0.2, 0) is 17.9 Å². The number of hydrogen-bond acceptors (Lipinski definition) is 7. The van der Waals surface area contributed by atoms with E-state index < -0.39 is 6.04 Å². The van der Waals surface area contributed by atoms with E-state index in [0.29, 0.717) is 25.4 Å². The van der Waals surface area contributed by atoms with Crippen LogP contribution in [0.2, 0.25) is 0 Å². The van der Waals surface area contributed by atoms with Gasteiger partial charge in [-0.3, -0.25) is 0 Å². The maximum absolute atomic E-state index is 8.65. The van der Waals surface area contributed by atoms with Crippen LogP contribution in [0.25, 0.3) is 11.4 Å². The molecule has 112 valence electrons. The summed E-state index contributed by atoms with van der Waals surface area (Å²) < 4.78 is 6.98. The van der Waals surface area contributed by atoms with E-state index >= 15 is 0 Å². The molecule has 1 heterocycles. The van der Waals surface area contributed by atoms with Gasteiger partial charge in [0.05, 0.1) is 38.3 Å². The second-order valence-corrected chi connectivity index (χ2v) is 4.58. The number of nitriles is 2. The molecule has 22 heavy (non-hydrogen) atoms. The summed E-state index contributed by atoms with van der Waals surface area (Å²) in [4.78, 5) is 0. The Balaban J connectivity index is 2.07. The molecule has 8 heteroatoms. The van der Waals surface area contributed by atoms with Crippen LogP contribution in [0, 0.1) is 22.7 Å². The predicted molar refractivity (Wildman–Crippen MR) is 76.7 cm³/mol. The van der Waals surface area contributed by atoms with Crippen molar-refractivity contribution in [1.29, 1.82) is 10.5 Å². The highest BCUT2D eigenvalue weighted by atomic mass is 16.5. The van der Waals surface area contributed by atoms with E-state index in [1.807, 2.05) is 30.3 Å². The number of nitrogens with two attached hydrogens (primary N) is 1. The molecule has 1 atom stereocenters. The second kappa shape index (κ2) is 7.84. The average molecular weight is 297 g/mol. The largest absolute Gasteiger partial charge is 0.374 e. The third-order valence-corrected chi connectivity index (χ3v) is 2.88. The Morgan fingerprint density at radius 2 is 2.23 bits per heavy atom. The minimum Gasteiger partial charge on any atom is -0.374 e. The summed E-state index contributed by atoms with van der Waals surface area (Å²) in [5.41, 5.74) is 7.24. The zero-order valence-electron chi connectivity index (χ0n) is 11.9. The molecule has 0 aliphatic heterocycles. The van der Waals surface area contributed by atoms with E-state index in [1.165, 1.54) is 0 Å². The molecule has 2 N–H and O–H groups in total. The molecular formula is C14H15N7O. The number of hydrogen-bond donors (Lipinski definition) is 1. The molecule has 0 aliphatic carbocycles. The molecule has 0 saturated heterocycles. The molecule has 2 rings (SSSR count). The van der Waals surface area contributed by atoms with Crippen LogP contribution in [0.5, 0.6) is 0 Å². The van der Waals surface area contributed by atoms with E-state index in [-0.39, 0.29) is 6.61 Å². The summed E-state index contributed by atoms with van der Waals surface area (Å²) in [5.74, 6) is 0.603. The first kappa shape index (κ1) is 15.6. The Morgan fingerprint density at radius 1 is 1.36 bits per heavy atom. The van der Waals surface area contributed by atoms with Crippen molar-refractivity contribution in [2.45, 2.75) is 25.6 Å². The summed E-state index contributed by atoms with van der Waals surface area (Å²) in [6.45, 7) is 0.972. The maximum Gasteiger partial charge on any atom is 0.182 e. The standard InChI is InChI=1S/C14H15N7O/c15-5-2-6-21-14(18-19-20-21)12-4-1-3-11(7-12)9-22-10-13(17)8-16/h1,3-4,7,13H,2,6,9-10,17H2/t13-/m0/s1. The maximum atomic E-state index is 8.65. The van der Waals surface area contributed by atoms with Gasteiger partial charge in [-0.15, -0.1) is 5.10 Å². The minimum absolute atomic E-state index is 0.181. The Bertz CT molecular complexity index is 698. The van der Waals surface area contributed by atoms with Gasteiger partial charge in [-0.2, -0.15) is 10.5 Å². The highest BCUT2D eigenvalue weighted by molar-refractivity contribution is 5.55. The summed E-state index contributed by atoms with van der Waals surface area (Å²) in [5, 5.41) is 28.8. The Labute approximate surface area is 127 Å². The molecule has 0 aliphatic rings. The van der Waals surface area contributed by atoms with E-state index in [4.69, 9.17) is 21.0 Å². The number of ether oxygens (including phenoxy) is 1. The first-order chi connectivity index (χ1) is 10.7. The van der Waals surface area contributed by atoms with Crippen molar-refractivity contribution >= 4 is 0 Å². The quantitative estimate of drug-likeness (QED) is 0.793. The van der Waals surface area contributed by atoms with Crippen LogP contribution < -0.4 is 5.73 Å². The van der Waals surface area contributed by atoms with Gasteiger partial charge in [-0.25, -0.2) is 4.68 Å². The molecule has 2 aromatic rings. The third-order valence-electron chi connectivity index (χ3n) is 2.88. The van der Waals surface area contributed by atoms with Crippen molar-refractivity contribution in [1.82, 2.24) is 20.2 Å². The molecule has 0 bridgehead atoms. The summed E-state index contributed by atoms with van der Waals surface area (Å²) in [6.07, 6.45) is 0.340. The monoisotopic (exact) mass is 297 g/mol. The topological polar surface area (TPSA) is 126 Å². The number of aromatic nitrogens is 4. The van der Waals surface area contributed by atoms with Gasteiger partial charge in [0.1, 0.15) is 6.04 Å². The van der Waals surface area contributed by atoms with Crippen molar-refractivity contribution in [2.24, 2.45) is 5.73 Å². The summed E-state index contributed by atoms with van der Waals surface area (Å²) in [6, 6.07) is 10.9. The molecule has 0 fully saturated rings. The fourth-order valence-corrected chi connectivity index (χ4v) is 1.86. The zero-order valence-corrected chi connectivity index (χ0v) is 11.9. The second-order valence-electron chi connectivity index (χ2n) is 4.58. The van der Waals surface area contributed by atoms with Crippen LogP contribution in [0.1, 0.15) is 12.0 Å². The van der Waals surface area contributed by atoms with Crippen molar-refractivity contribution in [3.63, 3.8) is 0 Å². The number of aryl methyl sites for hydroxylation is 1. The Kier molecular flexibility index (Phi) is 5.55. The van der Waals surface area contributed by atoms with Crippen molar-refractivity contribution in [3.8, 4) is 23.5 Å². The lowest BCUT2D eigenvalue weighted by Gasteiger charge is -2.07. The van der Waals surface area contributed by atoms with Crippen molar-refractivity contribution in [2.75, 3.05) is 6.61 Å². The van der Waals surface area contributed by atoms with Crippen LogP contribution in [0.4, 0.5) is 0 Å². The van der Waals surface area contributed by atoms with Crippen LogP contribution >= 0.6 is 0 Å². The van der Waals surface area contributed by atoms with Gasteiger partial charge in [-0.05, 0) is 22.1 Å². The van der Waals surface area contributed by atoms with Gasteiger partial charge in [0.25, 0.3) is 0 Å². The van der Waals surface area contributed by atoms with Gasteiger partial charge < -0.3 is 10.5 Å². The van der Waals surface area contributed by atoms with Crippen LogP contribution in [-0.4, -0.2) is 32.9 Å². The molecule has 0 radical (unpaired) electrons. The minimum atomic E-state index is -0.624. The van der Waals surface area contributed by atoms with Gasteiger partial charge in [-0.1, -0.05) is 18.2 Å². The number of nitrogens with zero attached hydrogens (tertiary/aromatic N) is 6. The molecule has 0 unspecified atom stereocenters. The van der Waals surface area contributed by atoms with Crippen molar-refractivity contribution < 1.29 is 4.74 Å². The first-order valence-electron chi connectivity index (χ1n) is 6.70. The normalized spacial score (nSPS) is 11.6. The molecule has 1 aromatic heterocycles. The van der Waals surface area contributed by atoms with Crippen molar-refractivity contribution in [3.05, 3.63) is 29.8 Å². The van der Waals surface area contributed by atoms with Gasteiger partial charge in [0.2, 0.25) is 0 Å². The lowest BCUT2D eigenvalue weighted by molar-refractivity contribution is 0.117. The van der Waals surface area contributed by atoms with E-state index in [0.717, 1.165) is 11.1 Å². The molecule has 0 spiro atoms. The lowest BCUT2D eigenvalue weighted by atomic mass is 10.1. The highest BCUT2D eigenvalue weighted by Gasteiger charge is 2.09. The molecular weight excluding hydrogens is 282 g/mol. The molecule has 0 amide bonds. The van der Waals surface area contributed by atoms with Gasteiger partial charge in [0, 0.05) is 5.56 Å². The van der Waals surface area contributed by atoms with Crippen LogP contribution in [0.15, 0.2) is 24.3 Å². The average Bonchev–Trinajstić information content (AvgIpc) is 3.01. The predicted octanol–water partition coefficient (Wildman–Crippen LogP) is 0.621. The summed E-state index contributed by atoms with van der Waals surface area (Å²) >= 11 is 0. The SMILES string of the molecule is N#CCCn1nnnc1-c1cccc(COC[C@@H](N)C#N)c1. The van der Waals surface area contributed by atoms with E-state index in [1.54, 1.807) is 4.68 Å². The highest BCUT2D eigenvalue weighted by Crippen LogP contribution is 2.18. The number of benzene rings is 1. The fourth-order valence-electron chi connectivity index (χ4n) is 1.86. The zero-order chi connectivity index (χ0) is 15.8. The fraction of sp³-hybridized carbons (Fsp3) is 0.357. The van der Waals surface area contributed by atoms with E-state index in [9.17, 15) is 0 Å². The number of rotatable bonds is 7. The Hall–Kier alpha value is -2.81. The molecule has 8 nitrogen and oxygen atoms in total. The van der Waals surface area contributed by atoms with Gasteiger partial charge >= 0.3 is 0 Å². The summed E-state index contributed by atoms with van der Waals surface area (Å²) in [7, 11) is 0. The number of tetrazole rings is 1. The van der Waals surface area contributed by atoms with E-state index in [2.05, 4.69) is 21.6 Å². The molecule has 1 aromatic carbocycles. The first-order valence-corrected chi connectivity index (χ1v) is 6.70. The Morgan fingerprint density at radius 3 is 3.00 bits per heavy atom. The smallest absolute Gasteiger partial charge is 0.182 e. The van der Waals surface area contributed by atoms with Crippen LogP contribution in [0.3, 0.4) is 0 Å². The van der Waals surface area contributed by atoms with Gasteiger partial charge in [0.15, 0.2) is 5.82 Å². The third kappa shape index (κ3) is 4.09. The molecule has 0 saturated carbocycles. The lowest BCUT2D eigenvalue weighted by Crippen LogP contribution is -2.23.